The van der Waals surface area contributed by atoms with E-state index in [-0.39, 0.29) is 18.1 Å². The lowest BCUT2D eigenvalue weighted by atomic mass is 9.96. The fourth-order valence-corrected chi connectivity index (χ4v) is 1.77. The van der Waals surface area contributed by atoms with Crippen molar-refractivity contribution in [3.05, 3.63) is 12.4 Å². The highest BCUT2D eigenvalue weighted by Crippen LogP contribution is 2.16. The van der Waals surface area contributed by atoms with Gasteiger partial charge in [0.1, 0.15) is 0 Å². The SMILES string of the molecule is Cn1cc(NC(=O)N(CCCO)CC(C)(C)C)cn1. The number of amides is 2. The fourth-order valence-electron chi connectivity index (χ4n) is 1.77. The summed E-state index contributed by atoms with van der Waals surface area (Å²) in [4.78, 5) is 13.9. The minimum absolute atomic E-state index is 0.0156. The number of aromatic nitrogens is 2. The number of nitrogens with one attached hydrogen (secondary N) is 1. The second-order valence-electron chi connectivity index (χ2n) is 5.89. The van der Waals surface area contributed by atoms with Crippen molar-refractivity contribution in [2.45, 2.75) is 27.2 Å². The topological polar surface area (TPSA) is 70.4 Å². The number of carbonyl (C=O) groups excluding carboxylic acids is 1. The molecule has 19 heavy (non-hydrogen) atoms. The number of anilines is 1. The maximum absolute atomic E-state index is 12.2. The van der Waals surface area contributed by atoms with Crippen LogP contribution in [0.2, 0.25) is 0 Å². The largest absolute Gasteiger partial charge is 0.396 e. The molecule has 1 aromatic heterocycles. The van der Waals surface area contributed by atoms with E-state index in [1.807, 2.05) is 0 Å². The zero-order chi connectivity index (χ0) is 14.5. The average Bonchev–Trinajstić information content (AvgIpc) is 2.68. The van der Waals surface area contributed by atoms with E-state index in [4.69, 9.17) is 5.11 Å². The Labute approximate surface area is 114 Å². The molecule has 0 unspecified atom stereocenters. The standard InChI is InChI=1S/C13H24N4O2/c1-13(2,3)10-17(6-5-7-18)12(19)15-11-8-14-16(4)9-11/h8-9,18H,5-7,10H2,1-4H3,(H,15,19). The molecule has 2 N–H and O–H groups in total. The molecule has 0 aliphatic carbocycles. The van der Waals surface area contributed by atoms with Crippen LogP contribution in [0.5, 0.6) is 0 Å². The zero-order valence-corrected chi connectivity index (χ0v) is 12.2. The Morgan fingerprint density at radius 3 is 2.68 bits per heavy atom. The molecule has 6 nitrogen and oxygen atoms in total. The molecule has 0 saturated heterocycles. The van der Waals surface area contributed by atoms with E-state index in [0.717, 1.165) is 0 Å². The summed E-state index contributed by atoms with van der Waals surface area (Å²) in [5.74, 6) is 0. The van der Waals surface area contributed by atoms with Gasteiger partial charge in [0.05, 0.1) is 11.9 Å². The molecule has 1 heterocycles. The highest BCUT2D eigenvalue weighted by atomic mass is 16.3. The Hall–Kier alpha value is -1.56. The number of carbonyl (C=O) groups is 1. The normalized spacial score (nSPS) is 11.4. The molecule has 0 fully saturated rings. The van der Waals surface area contributed by atoms with E-state index in [9.17, 15) is 4.79 Å². The minimum Gasteiger partial charge on any atom is -0.396 e. The first-order valence-electron chi connectivity index (χ1n) is 6.47. The van der Waals surface area contributed by atoms with Gasteiger partial charge in [-0.1, -0.05) is 20.8 Å². The first kappa shape index (κ1) is 15.5. The summed E-state index contributed by atoms with van der Waals surface area (Å²) in [7, 11) is 1.80. The Morgan fingerprint density at radius 1 is 1.53 bits per heavy atom. The zero-order valence-electron chi connectivity index (χ0n) is 12.2. The van der Waals surface area contributed by atoms with Gasteiger partial charge in [0, 0.05) is 32.9 Å². The lowest BCUT2D eigenvalue weighted by Crippen LogP contribution is -2.41. The molecule has 0 aliphatic heterocycles. The molecule has 0 radical (unpaired) electrons. The van der Waals surface area contributed by atoms with Gasteiger partial charge in [-0.2, -0.15) is 5.10 Å². The summed E-state index contributed by atoms with van der Waals surface area (Å²) in [5.41, 5.74) is 0.692. The molecule has 2 amide bonds. The van der Waals surface area contributed by atoms with Gasteiger partial charge >= 0.3 is 6.03 Å². The predicted octanol–water partition coefficient (Wildman–Crippen LogP) is 1.68. The number of rotatable bonds is 5. The molecule has 0 saturated carbocycles. The van der Waals surface area contributed by atoms with Gasteiger partial charge in [-0.15, -0.1) is 0 Å². The molecule has 1 rings (SSSR count). The van der Waals surface area contributed by atoms with Crippen LogP contribution in [0.4, 0.5) is 10.5 Å². The lowest BCUT2D eigenvalue weighted by molar-refractivity contribution is 0.176. The van der Waals surface area contributed by atoms with Gasteiger partial charge in [0.15, 0.2) is 0 Å². The lowest BCUT2D eigenvalue weighted by Gasteiger charge is -2.29. The van der Waals surface area contributed by atoms with Crippen molar-refractivity contribution in [1.82, 2.24) is 14.7 Å². The van der Waals surface area contributed by atoms with Crippen LogP contribution in [-0.2, 0) is 7.05 Å². The molecule has 0 aromatic carbocycles. The fraction of sp³-hybridized carbons (Fsp3) is 0.692. The Bertz CT molecular complexity index is 409. The summed E-state index contributed by atoms with van der Waals surface area (Å²) in [6, 6.07) is -0.156. The second-order valence-corrected chi connectivity index (χ2v) is 5.89. The second kappa shape index (κ2) is 6.56. The van der Waals surface area contributed by atoms with Crippen molar-refractivity contribution in [2.75, 3.05) is 25.0 Å². The monoisotopic (exact) mass is 268 g/mol. The summed E-state index contributed by atoms with van der Waals surface area (Å²) in [5, 5.41) is 15.7. The summed E-state index contributed by atoms with van der Waals surface area (Å²) in [6.07, 6.45) is 3.94. The van der Waals surface area contributed by atoms with Crippen LogP contribution in [0, 0.1) is 5.41 Å². The number of hydrogen-bond donors (Lipinski definition) is 2. The first-order valence-corrected chi connectivity index (χ1v) is 6.47. The van der Waals surface area contributed by atoms with Crippen molar-refractivity contribution in [1.29, 1.82) is 0 Å². The molecule has 0 bridgehead atoms. The number of nitrogens with zero attached hydrogens (tertiary/aromatic N) is 3. The van der Waals surface area contributed by atoms with Crippen molar-refractivity contribution < 1.29 is 9.90 Å². The summed E-state index contributed by atoms with van der Waals surface area (Å²) >= 11 is 0. The van der Waals surface area contributed by atoms with Crippen LogP contribution in [-0.4, -0.2) is 45.5 Å². The third-order valence-electron chi connectivity index (χ3n) is 2.49. The van der Waals surface area contributed by atoms with Gasteiger partial charge in [0.25, 0.3) is 0 Å². The molecular formula is C13H24N4O2. The Balaban J connectivity index is 2.65. The van der Waals surface area contributed by atoms with E-state index in [1.54, 1.807) is 29.0 Å². The maximum Gasteiger partial charge on any atom is 0.321 e. The highest BCUT2D eigenvalue weighted by Gasteiger charge is 2.20. The van der Waals surface area contributed by atoms with Gasteiger partial charge in [-0.05, 0) is 11.8 Å². The van der Waals surface area contributed by atoms with E-state index < -0.39 is 0 Å². The molecule has 0 spiro atoms. The molecular weight excluding hydrogens is 244 g/mol. The molecule has 0 aliphatic rings. The van der Waals surface area contributed by atoms with Crippen LogP contribution >= 0.6 is 0 Å². The van der Waals surface area contributed by atoms with Crippen molar-refractivity contribution in [2.24, 2.45) is 12.5 Å². The third kappa shape index (κ3) is 5.74. The Kier molecular flexibility index (Phi) is 5.35. The van der Waals surface area contributed by atoms with Crippen LogP contribution in [0.3, 0.4) is 0 Å². The van der Waals surface area contributed by atoms with Crippen LogP contribution in [0.25, 0.3) is 0 Å². The number of aliphatic hydroxyl groups excluding tert-OH is 1. The third-order valence-corrected chi connectivity index (χ3v) is 2.49. The summed E-state index contributed by atoms with van der Waals surface area (Å²) < 4.78 is 1.64. The average molecular weight is 268 g/mol. The van der Waals surface area contributed by atoms with E-state index >= 15 is 0 Å². The molecule has 0 atom stereocenters. The summed E-state index contributed by atoms with van der Waals surface area (Å²) in [6.45, 7) is 7.50. The van der Waals surface area contributed by atoms with Gasteiger partial charge < -0.3 is 15.3 Å². The number of urea groups is 1. The van der Waals surface area contributed by atoms with Gasteiger partial charge in [-0.25, -0.2) is 4.79 Å². The van der Waals surface area contributed by atoms with E-state index in [1.165, 1.54) is 0 Å². The molecule has 108 valence electrons. The molecule has 1 aromatic rings. The minimum atomic E-state index is -0.156. The van der Waals surface area contributed by atoms with Crippen molar-refractivity contribution in [3.8, 4) is 0 Å². The van der Waals surface area contributed by atoms with Crippen LogP contribution in [0.15, 0.2) is 12.4 Å². The van der Waals surface area contributed by atoms with Gasteiger partial charge in [-0.3, -0.25) is 4.68 Å². The maximum atomic E-state index is 12.2. The van der Waals surface area contributed by atoms with Crippen LogP contribution < -0.4 is 5.32 Å². The van der Waals surface area contributed by atoms with E-state index in [2.05, 4.69) is 31.2 Å². The van der Waals surface area contributed by atoms with E-state index in [0.29, 0.717) is 25.2 Å². The first-order chi connectivity index (χ1) is 8.81. The molecule has 6 heteroatoms. The highest BCUT2D eigenvalue weighted by molar-refractivity contribution is 5.89. The number of aryl methyl sites for hydroxylation is 1. The van der Waals surface area contributed by atoms with Gasteiger partial charge in [0.2, 0.25) is 0 Å². The smallest absolute Gasteiger partial charge is 0.321 e. The number of hydrogen-bond acceptors (Lipinski definition) is 3. The quantitative estimate of drug-likeness (QED) is 0.853. The Morgan fingerprint density at radius 2 is 2.21 bits per heavy atom. The van der Waals surface area contributed by atoms with Crippen LogP contribution in [0.1, 0.15) is 27.2 Å². The number of aliphatic hydroxyl groups is 1. The predicted molar refractivity (Wildman–Crippen MR) is 75.0 cm³/mol. The van der Waals surface area contributed by atoms with Crippen molar-refractivity contribution >= 4 is 11.7 Å². The van der Waals surface area contributed by atoms with Crippen molar-refractivity contribution in [3.63, 3.8) is 0 Å².